The zero-order valence-corrected chi connectivity index (χ0v) is 14.8. The monoisotopic (exact) mass is 347 g/mol. The van der Waals surface area contributed by atoms with Gasteiger partial charge in [-0.15, -0.1) is 24.8 Å². The summed E-state index contributed by atoms with van der Waals surface area (Å²) in [7, 11) is 1.91. The maximum absolute atomic E-state index is 11.6. The number of para-hydroxylation sites is 1. The van der Waals surface area contributed by atoms with E-state index in [0.29, 0.717) is 6.42 Å². The fourth-order valence-corrected chi connectivity index (χ4v) is 2.65. The minimum absolute atomic E-state index is 0. The molecule has 1 amide bonds. The van der Waals surface area contributed by atoms with E-state index < -0.39 is 0 Å². The lowest BCUT2D eigenvalue weighted by Gasteiger charge is -2.19. The molecular formula is C16H27Cl2N3O. The number of fused-ring (bicyclic) bond motifs is 1. The van der Waals surface area contributed by atoms with Gasteiger partial charge in [-0.25, -0.2) is 0 Å². The Balaban J connectivity index is 0.00000220. The van der Waals surface area contributed by atoms with Gasteiger partial charge in [0.25, 0.3) is 0 Å². The lowest BCUT2D eigenvalue weighted by molar-refractivity contribution is -0.121. The first-order valence-corrected chi connectivity index (χ1v) is 7.55. The number of carbonyl (C=O) groups is 1. The topological polar surface area (TPSA) is 44.4 Å². The van der Waals surface area contributed by atoms with Crippen LogP contribution >= 0.6 is 24.8 Å². The molecule has 0 saturated heterocycles. The lowest BCUT2D eigenvalue weighted by Crippen LogP contribution is -2.29. The number of hydrogen-bond acceptors (Lipinski definition) is 3. The molecule has 1 heterocycles. The molecule has 1 aliphatic rings. The average Bonchev–Trinajstić information content (AvgIpc) is 2.87. The number of nitrogens with one attached hydrogen (secondary N) is 2. The van der Waals surface area contributed by atoms with E-state index >= 15 is 0 Å². The molecule has 0 spiro atoms. The van der Waals surface area contributed by atoms with E-state index in [1.165, 1.54) is 11.3 Å². The highest BCUT2D eigenvalue weighted by Crippen LogP contribution is 2.27. The Bertz CT molecular complexity index is 443. The van der Waals surface area contributed by atoms with Crippen molar-refractivity contribution in [2.24, 2.45) is 0 Å². The summed E-state index contributed by atoms with van der Waals surface area (Å²) in [6.45, 7) is 3.80. The standard InChI is InChI=1S/C16H25N3O.2ClH/c1-17-10-4-8-16(20)18-11-5-12-19-13-9-14-6-2-3-7-15(14)19;;/h2-3,6-7,17H,4-5,8-13H2,1H3,(H,18,20);2*1H. The van der Waals surface area contributed by atoms with E-state index in [-0.39, 0.29) is 30.7 Å². The van der Waals surface area contributed by atoms with Crippen molar-refractivity contribution in [2.45, 2.75) is 25.7 Å². The van der Waals surface area contributed by atoms with Crippen LogP contribution < -0.4 is 15.5 Å². The maximum atomic E-state index is 11.6. The van der Waals surface area contributed by atoms with Crippen LogP contribution in [0.5, 0.6) is 0 Å². The molecule has 0 fully saturated rings. The van der Waals surface area contributed by atoms with Gasteiger partial charge in [-0.2, -0.15) is 0 Å². The highest BCUT2D eigenvalue weighted by molar-refractivity contribution is 5.85. The van der Waals surface area contributed by atoms with Crippen molar-refractivity contribution in [3.63, 3.8) is 0 Å². The van der Waals surface area contributed by atoms with Crippen LogP contribution in [0.25, 0.3) is 0 Å². The molecule has 126 valence electrons. The Kier molecular flexibility index (Phi) is 11.1. The fraction of sp³-hybridized carbons (Fsp3) is 0.562. The molecule has 2 rings (SSSR count). The highest BCUT2D eigenvalue weighted by Gasteiger charge is 2.17. The van der Waals surface area contributed by atoms with Crippen molar-refractivity contribution in [3.05, 3.63) is 29.8 Å². The molecule has 0 radical (unpaired) electrons. The molecule has 0 aromatic heterocycles. The molecule has 0 bridgehead atoms. The summed E-state index contributed by atoms with van der Waals surface area (Å²) in [5.41, 5.74) is 2.82. The first-order valence-electron chi connectivity index (χ1n) is 7.55. The molecule has 1 aromatic carbocycles. The Morgan fingerprint density at radius 1 is 1.18 bits per heavy atom. The largest absolute Gasteiger partial charge is 0.371 e. The molecule has 6 heteroatoms. The third kappa shape index (κ3) is 6.42. The van der Waals surface area contributed by atoms with Crippen LogP contribution in [0.15, 0.2) is 24.3 Å². The molecule has 0 unspecified atom stereocenters. The first-order chi connectivity index (χ1) is 9.81. The zero-order valence-electron chi connectivity index (χ0n) is 13.1. The summed E-state index contributed by atoms with van der Waals surface area (Å²) in [4.78, 5) is 14.0. The number of amides is 1. The van der Waals surface area contributed by atoms with Gasteiger partial charge in [0.05, 0.1) is 0 Å². The minimum atomic E-state index is 0. The second-order valence-corrected chi connectivity index (χ2v) is 5.28. The van der Waals surface area contributed by atoms with E-state index in [2.05, 4.69) is 39.8 Å². The van der Waals surface area contributed by atoms with Gasteiger partial charge in [-0.05, 0) is 44.5 Å². The van der Waals surface area contributed by atoms with E-state index in [1.807, 2.05) is 7.05 Å². The molecular weight excluding hydrogens is 321 g/mol. The SMILES string of the molecule is CNCCCC(=O)NCCCN1CCc2ccccc21.Cl.Cl. The van der Waals surface area contributed by atoms with Gasteiger partial charge in [0.15, 0.2) is 0 Å². The van der Waals surface area contributed by atoms with Gasteiger partial charge in [0, 0.05) is 31.7 Å². The summed E-state index contributed by atoms with van der Waals surface area (Å²) < 4.78 is 0. The molecule has 1 aromatic rings. The predicted octanol–water partition coefficient (Wildman–Crippen LogP) is 2.40. The molecule has 4 nitrogen and oxygen atoms in total. The number of anilines is 1. The van der Waals surface area contributed by atoms with E-state index in [4.69, 9.17) is 0 Å². The quantitative estimate of drug-likeness (QED) is 0.709. The van der Waals surface area contributed by atoms with Crippen LogP contribution in [0, 0.1) is 0 Å². The average molecular weight is 348 g/mol. The lowest BCUT2D eigenvalue weighted by atomic mass is 10.2. The van der Waals surface area contributed by atoms with Crippen LogP contribution in [0.3, 0.4) is 0 Å². The second kappa shape index (κ2) is 11.6. The molecule has 0 saturated carbocycles. The Hall–Kier alpha value is -0.970. The van der Waals surface area contributed by atoms with Gasteiger partial charge in [0.2, 0.25) is 5.91 Å². The Morgan fingerprint density at radius 3 is 2.73 bits per heavy atom. The van der Waals surface area contributed by atoms with Gasteiger partial charge < -0.3 is 15.5 Å². The maximum Gasteiger partial charge on any atom is 0.220 e. The molecule has 1 aliphatic heterocycles. The highest BCUT2D eigenvalue weighted by atomic mass is 35.5. The molecule has 0 aliphatic carbocycles. The van der Waals surface area contributed by atoms with Crippen molar-refractivity contribution in [2.75, 3.05) is 38.1 Å². The number of benzene rings is 1. The van der Waals surface area contributed by atoms with E-state index in [0.717, 1.165) is 45.4 Å². The first kappa shape index (κ1) is 21.0. The number of carbonyl (C=O) groups excluding carboxylic acids is 1. The minimum Gasteiger partial charge on any atom is -0.371 e. The summed E-state index contributed by atoms with van der Waals surface area (Å²) in [5, 5.41) is 6.05. The summed E-state index contributed by atoms with van der Waals surface area (Å²) in [6.07, 6.45) is 3.67. The smallest absolute Gasteiger partial charge is 0.220 e. The van der Waals surface area contributed by atoms with Crippen molar-refractivity contribution < 1.29 is 4.79 Å². The van der Waals surface area contributed by atoms with Crippen molar-refractivity contribution >= 4 is 36.4 Å². The predicted molar refractivity (Wildman–Crippen MR) is 97.6 cm³/mol. The number of halogens is 2. The molecule has 2 N–H and O–H groups in total. The zero-order chi connectivity index (χ0) is 14.2. The van der Waals surface area contributed by atoms with Crippen molar-refractivity contribution in [1.82, 2.24) is 10.6 Å². The Labute approximate surface area is 145 Å². The molecule has 22 heavy (non-hydrogen) atoms. The summed E-state index contributed by atoms with van der Waals surface area (Å²) in [5.74, 6) is 0.169. The van der Waals surface area contributed by atoms with Crippen LogP contribution in [-0.2, 0) is 11.2 Å². The van der Waals surface area contributed by atoms with Crippen LogP contribution in [0.1, 0.15) is 24.8 Å². The van der Waals surface area contributed by atoms with Gasteiger partial charge in [0.1, 0.15) is 0 Å². The Morgan fingerprint density at radius 2 is 1.95 bits per heavy atom. The van der Waals surface area contributed by atoms with Gasteiger partial charge in [-0.1, -0.05) is 18.2 Å². The van der Waals surface area contributed by atoms with E-state index in [9.17, 15) is 4.79 Å². The number of hydrogen-bond donors (Lipinski definition) is 2. The fourth-order valence-electron chi connectivity index (χ4n) is 2.65. The van der Waals surface area contributed by atoms with Crippen LogP contribution in [0.2, 0.25) is 0 Å². The number of nitrogens with zero attached hydrogens (tertiary/aromatic N) is 1. The normalized spacial score (nSPS) is 12.1. The van der Waals surface area contributed by atoms with Crippen LogP contribution in [-0.4, -0.2) is 39.1 Å². The summed E-state index contributed by atoms with van der Waals surface area (Å²) in [6, 6.07) is 8.60. The van der Waals surface area contributed by atoms with Gasteiger partial charge in [-0.3, -0.25) is 4.79 Å². The second-order valence-electron chi connectivity index (χ2n) is 5.28. The third-order valence-electron chi connectivity index (χ3n) is 3.74. The number of rotatable bonds is 8. The van der Waals surface area contributed by atoms with Crippen molar-refractivity contribution in [1.29, 1.82) is 0 Å². The van der Waals surface area contributed by atoms with Crippen molar-refractivity contribution in [3.8, 4) is 0 Å². The third-order valence-corrected chi connectivity index (χ3v) is 3.74. The van der Waals surface area contributed by atoms with Gasteiger partial charge >= 0.3 is 0 Å². The van der Waals surface area contributed by atoms with E-state index in [1.54, 1.807) is 0 Å². The summed E-state index contributed by atoms with van der Waals surface area (Å²) >= 11 is 0. The molecule has 0 atom stereocenters. The van der Waals surface area contributed by atoms with Crippen LogP contribution in [0.4, 0.5) is 5.69 Å².